The van der Waals surface area contributed by atoms with Gasteiger partial charge in [0.2, 0.25) is 0 Å². The number of carbonyl (C=O) groups is 1. The molecule has 0 fully saturated rings. The lowest BCUT2D eigenvalue weighted by molar-refractivity contribution is 0.0938. The van der Waals surface area contributed by atoms with Gasteiger partial charge < -0.3 is 10.1 Å². The van der Waals surface area contributed by atoms with Gasteiger partial charge in [-0.3, -0.25) is 9.52 Å². The van der Waals surface area contributed by atoms with Crippen molar-refractivity contribution in [3.8, 4) is 5.75 Å². The molecule has 7 heteroatoms. The number of rotatable bonds is 9. The molecule has 0 aliphatic carbocycles. The van der Waals surface area contributed by atoms with Crippen molar-refractivity contribution in [3.63, 3.8) is 0 Å². The quantitative estimate of drug-likeness (QED) is 0.662. The summed E-state index contributed by atoms with van der Waals surface area (Å²) in [6.07, 6.45) is 2.67. The zero-order valence-corrected chi connectivity index (χ0v) is 17.6. The van der Waals surface area contributed by atoms with E-state index in [1.54, 1.807) is 18.2 Å². The van der Waals surface area contributed by atoms with Crippen LogP contribution in [-0.4, -0.2) is 27.5 Å². The zero-order valence-electron chi connectivity index (χ0n) is 16.8. The highest BCUT2D eigenvalue weighted by Crippen LogP contribution is 2.27. The molecule has 28 heavy (non-hydrogen) atoms. The van der Waals surface area contributed by atoms with Crippen LogP contribution in [0.3, 0.4) is 0 Å². The standard InChI is InChI=1S/C21H28N2O4S/c1-5-7-15(3)22-21(24)17-10-13-19(27-4)20(14-17)28(25,26)23-18-11-8-16(6-2)9-12-18/h8-15,23H,5-7H2,1-4H3,(H,22,24). The fourth-order valence-corrected chi connectivity index (χ4v) is 4.11. The van der Waals surface area contributed by atoms with Crippen molar-refractivity contribution in [2.75, 3.05) is 11.8 Å². The highest BCUT2D eigenvalue weighted by molar-refractivity contribution is 7.92. The molecule has 1 amide bonds. The molecule has 0 saturated heterocycles. The Morgan fingerprint density at radius 3 is 2.36 bits per heavy atom. The summed E-state index contributed by atoms with van der Waals surface area (Å²) in [5, 5.41) is 2.88. The van der Waals surface area contributed by atoms with E-state index in [0.29, 0.717) is 5.69 Å². The van der Waals surface area contributed by atoms with Gasteiger partial charge in [0.15, 0.2) is 0 Å². The number of hydrogen-bond donors (Lipinski definition) is 2. The van der Waals surface area contributed by atoms with Gasteiger partial charge in [-0.25, -0.2) is 8.42 Å². The molecule has 0 spiro atoms. The molecule has 6 nitrogen and oxygen atoms in total. The molecule has 2 rings (SSSR count). The monoisotopic (exact) mass is 404 g/mol. The fourth-order valence-electron chi connectivity index (χ4n) is 2.86. The normalized spacial score (nSPS) is 12.3. The summed E-state index contributed by atoms with van der Waals surface area (Å²) in [5.41, 5.74) is 1.83. The van der Waals surface area contributed by atoms with Crippen LogP contribution in [0.1, 0.15) is 49.5 Å². The smallest absolute Gasteiger partial charge is 0.265 e. The van der Waals surface area contributed by atoms with Crippen LogP contribution >= 0.6 is 0 Å². The molecular weight excluding hydrogens is 376 g/mol. The van der Waals surface area contributed by atoms with Gasteiger partial charge in [-0.1, -0.05) is 32.4 Å². The van der Waals surface area contributed by atoms with E-state index in [4.69, 9.17) is 4.74 Å². The maximum absolute atomic E-state index is 12.9. The number of carbonyl (C=O) groups excluding carboxylic acids is 1. The molecule has 152 valence electrons. The molecule has 1 atom stereocenters. The van der Waals surface area contributed by atoms with Crippen LogP contribution in [0.15, 0.2) is 47.4 Å². The molecule has 1 unspecified atom stereocenters. The molecule has 0 aliphatic rings. The van der Waals surface area contributed by atoms with Gasteiger partial charge in [0, 0.05) is 17.3 Å². The number of benzene rings is 2. The zero-order chi connectivity index (χ0) is 20.7. The highest BCUT2D eigenvalue weighted by Gasteiger charge is 2.22. The Balaban J connectivity index is 2.31. The average Bonchev–Trinajstić information content (AvgIpc) is 2.68. The first-order valence-corrected chi connectivity index (χ1v) is 10.9. The van der Waals surface area contributed by atoms with Crippen molar-refractivity contribution in [2.45, 2.75) is 51.0 Å². The van der Waals surface area contributed by atoms with Crippen molar-refractivity contribution in [2.24, 2.45) is 0 Å². The van der Waals surface area contributed by atoms with E-state index in [1.807, 2.05) is 32.9 Å². The Labute approximate surface area is 167 Å². The Morgan fingerprint density at radius 1 is 1.11 bits per heavy atom. The second kappa shape index (κ2) is 9.59. The Morgan fingerprint density at radius 2 is 1.79 bits per heavy atom. The number of nitrogens with one attached hydrogen (secondary N) is 2. The second-order valence-corrected chi connectivity index (χ2v) is 8.34. The predicted octanol–water partition coefficient (Wildman–Crippen LogP) is 3.98. The van der Waals surface area contributed by atoms with Crippen LogP contribution in [0, 0.1) is 0 Å². The summed E-state index contributed by atoms with van der Waals surface area (Å²) in [7, 11) is -2.53. The molecule has 2 N–H and O–H groups in total. The maximum Gasteiger partial charge on any atom is 0.265 e. The highest BCUT2D eigenvalue weighted by atomic mass is 32.2. The van der Waals surface area contributed by atoms with Crippen LogP contribution in [0.25, 0.3) is 0 Å². The van der Waals surface area contributed by atoms with Gasteiger partial charge in [-0.05, 0) is 55.7 Å². The van der Waals surface area contributed by atoms with E-state index in [2.05, 4.69) is 10.0 Å². The number of sulfonamides is 1. The largest absolute Gasteiger partial charge is 0.495 e. The third-order valence-electron chi connectivity index (χ3n) is 4.43. The van der Waals surface area contributed by atoms with Crippen molar-refractivity contribution in [1.29, 1.82) is 0 Å². The summed E-state index contributed by atoms with van der Waals surface area (Å²) in [6.45, 7) is 5.99. The van der Waals surface area contributed by atoms with Gasteiger partial charge in [-0.15, -0.1) is 0 Å². The van der Waals surface area contributed by atoms with Crippen LogP contribution in [0.4, 0.5) is 5.69 Å². The Bertz CT molecular complexity index is 909. The number of aryl methyl sites for hydroxylation is 1. The minimum atomic E-state index is -3.93. The number of amides is 1. The van der Waals surface area contributed by atoms with Gasteiger partial charge in [-0.2, -0.15) is 0 Å². The maximum atomic E-state index is 12.9. The van der Waals surface area contributed by atoms with Crippen molar-refractivity contribution in [1.82, 2.24) is 5.32 Å². The first kappa shape index (κ1) is 21.8. The molecule has 0 saturated carbocycles. The number of anilines is 1. The minimum absolute atomic E-state index is 0.00913. The van der Waals surface area contributed by atoms with Crippen molar-refractivity contribution in [3.05, 3.63) is 53.6 Å². The van der Waals surface area contributed by atoms with E-state index in [0.717, 1.165) is 24.8 Å². The molecule has 2 aromatic carbocycles. The van der Waals surface area contributed by atoms with Gasteiger partial charge >= 0.3 is 0 Å². The third kappa shape index (κ3) is 5.48. The van der Waals surface area contributed by atoms with Gasteiger partial charge in [0.05, 0.1) is 7.11 Å². The van der Waals surface area contributed by atoms with E-state index >= 15 is 0 Å². The summed E-state index contributed by atoms with van der Waals surface area (Å²) >= 11 is 0. The summed E-state index contributed by atoms with van der Waals surface area (Å²) in [6, 6.07) is 11.6. The molecule has 2 aromatic rings. The molecular formula is C21H28N2O4S. The van der Waals surface area contributed by atoms with E-state index in [1.165, 1.54) is 19.2 Å². The number of methoxy groups -OCH3 is 1. The fraction of sp³-hybridized carbons (Fsp3) is 0.381. The van der Waals surface area contributed by atoms with Gasteiger partial charge in [0.1, 0.15) is 10.6 Å². The number of hydrogen-bond acceptors (Lipinski definition) is 4. The lowest BCUT2D eigenvalue weighted by Gasteiger charge is -2.15. The second-order valence-electron chi connectivity index (χ2n) is 6.68. The van der Waals surface area contributed by atoms with Crippen LogP contribution in [0.5, 0.6) is 5.75 Å². The lowest BCUT2D eigenvalue weighted by Crippen LogP contribution is -2.32. The summed E-state index contributed by atoms with van der Waals surface area (Å²) < 4.78 is 33.6. The molecule has 0 bridgehead atoms. The van der Waals surface area contributed by atoms with E-state index in [9.17, 15) is 13.2 Å². The van der Waals surface area contributed by atoms with E-state index < -0.39 is 10.0 Å². The molecule has 0 aliphatic heterocycles. The summed E-state index contributed by atoms with van der Waals surface area (Å²) in [5.74, 6) is -0.136. The first-order valence-electron chi connectivity index (χ1n) is 9.41. The molecule has 0 radical (unpaired) electrons. The Hall–Kier alpha value is -2.54. The third-order valence-corrected chi connectivity index (χ3v) is 5.83. The Kier molecular flexibility index (Phi) is 7.45. The average molecular weight is 405 g/mol. The molecule has 0 aromatic heterocycles. The van der Waals surface area contributed by atoms with Crippen LogP contribution in [-0.2, 0) is 16.4 Å². The van der Waals surface area contributed by atoms with Crippen LogP contribution < -0.4 is 14.8 Å². The summed E-state index contributed by atoms with van der Waals surface area (Å²) in [4.78, 5) is 12.4. The minimum Gasteiger partial charge on any atom is -0.495 e. The van der Waals surface area contributed by atoms with E-state index in [-0.39, 0.29) is 28.2 Å². The predicted molar refractivity (Wildman–Crippen MR) is 111 cm³/mol. The van der Waals surface area contributed by atoms with Crippen LogP contribution in [0.2, 0.25) is 0 Å². The SMILES string of the molecule is CCCC(C)NC(=O)c1ccc(OC)c(S(=O)(=O)Nc2ccc(CC)cc2)c1. The lowest BCUT2D eigenvalue weighted by atomic mass is 10.1. The molecule has 0 heterocycles. The first-order chi connectivity index (χ1) is 13.3. The van der Waals surface area contributed by atoms with Crippen molar-refractivity contribution >= 4 is 21.6 Å². The number of ether oxygens (including phenoxy) is 1. The van der Waals surface area contributed by atoms with Gasteiger partial charge in [0.25, 0.3) is 15.9 Å². The topological polar surface area (TPSA) is 84.5 Å². The van der Waals surface area contributed by atoms with Crippen molar-refractivity contribution < 1.29 is 17.9 Å².